The Balaban J connectivity index is 0.000000134. The second-order valence-electron chi connectivity index (χ2n) is 36.1. The summed E-state index contributed by atoms with van der Waals surface area (Å²) in [5, 5.41) is 17.0. The molecule has 1 aliphatic carbocycles. The third kappa shape index (κ3) is 12.6. The topological polar surface area (TPSA) is 105 Å². The highest BCUT2D eigenvalue weighted by Gasteiger charge is 2.34. The second-order valence-corrected chi connectivity index (χ2v) is 39.2. The van der Waals surface area contributed by atoms with Gasteiger partial charge in [0, 0.05) is 149 Å². The maximum atomic E-state index is 7.12. The zero-order valence-electron chi connectivity index (χ0n) is 75.0. The first-order valence-corrected chi connectivity index (χ1v) is 49.7. The number of para-hydroxylation sites is 5. The lowest BCUT2D eigenvalue weighted by Crippen LogP contribution is -2.00. The van der Waals surface area contributed by atoms with E-state index >= 15 is 0 Å². The van der Waals surface area contributed by atoms with Crippen LogP contribution >= 0.6 is 34.0 Å². The summed E-state index contributed by atoms with van der Waals surface area (Å²) in [6, 6.07) is 161. The van der Waals surface area contributed by atoms with Crippen molar-refractivity contribution in [1.29, 1.82) is 0 Å². The molecule has 0 radical (unpaired) electrons. The molecule has 0 spiro atoms. The molecule has 10 nitrogen and oxygen atoms in total. The van der Waals surface area contributed by atoms with Crippen LogP contribution in [0.2, 0.25) is 0 Å². The Labute approximate surface area is 813 Å². The summed E-state index contributed by atoms with van der Waals surface area (Å²) in [4.78, 5) is 30.5. The van der Waals surface area contributed by atoms with E-state index in [1.807, 2.05) is 137 Å². The highest BCUT2D eigenvalue weighted by molar-refractivity contribution is 7.27. The SMILES string of the molecule is c1ccc(-c2nc(-c3ccccc3)nc(-c3cccc4c3oc3c(-n5c6ccccc6c6cc(-n7c8ccccc8c8cc(-c9cccc%10c9sc9ccccc9%10)ccc87)ccc65)cccc34)n2)cc1.c1ccc(-c2nc(-c3ccccc3)nc(-c3cccc4c3sc3c(C5c6ccccc6-c6cc(-n7c8ccccc8c8cc(-c9cccc%10c9sc9ccccc9%10)ccc87)ccc65)cccc34)n2)cc1. The Kier molecular flexibility index (Phi) is 18.2. The van der Waals surface area contributed by atoms with Crippen molar-refractivity contribution in [2.75, 3.05) is 0 Å². The molecule has 1 aliphatic rings. The summed E-state index contributed by atoms with van der Waals surface area (Å²) in [7, 11) is 0. The molecular weight excluding hydrogens is 1760 g/mol. The number of fused-ring (bicyclic) bond motifs is 24. The molecule has 0 fully saturated rings. The molecule has 140 heavy (non-hydrogen) atoms. The highest BCUT2D eigenvalue weighted by Crippen LogP contribution is 2.55. The Hall–Kier alpha value is -17.7. The number of furan rings is 1. The van der Waals surface area contributed by atoms with Gasteiger partial charge >= 0.3 is 0 Å². The average molecular weight is 1840 g/mol. The summed E-state index contributed by atoms with van der Waals surface area (Å²) < 4.78 is 22.1. The van der Waals surface area contributed by atoms with Crippen molar-refractivity contribution in [2.45, 2.75) is 5.92 Å². The smallest absolute Gasteiger partial charge is 0.167 e. The first kappa shape index (κ1) is 79.6. The Morgan fingerprint density at radius 3 is 1.07 bits per heavy atom. The van der Waals surface area contributed by atoms with E-state index in [-0.39, 0.29) is 5.92 Å². The minimum Gasteiger partial charge on any atom is -0.453 e. The lowest BCUT2D eigenvalue weighted by molar-refractivity contribution is 0.667. The number of hydrogen-bond acceptors (Lipinski definition) is 10. The van der Waals surface area contributed by atoms with Crippen LogP contribution in [0.1, 0.15) is 22.6 Å². The van der Waals surface area contributed by atoms with Crippen molar-refractivity contribution in [3.63, 3.8) is 0 Å². The van der Waals surface area contributed by atoms with Gasteiger partial charge in [-0.2, -0.15) is 0 Å². The van der Waals surface area contributed by atoms with E-state index in [2.05, 4.69) is 359 Å². The van der Waals surface area contributed by atoms with E-state index in [4.69, 9.17) is 34.3 Å². The van der Waals surface area contributed by atoms with Gasteiger partial charge in [0.25, 0.3) is 0 Å². The van der Waals surface area contributed by atoms with Crippen LogP contribution in [0.3, 0.4) is 0 Å². The molecule has 1 atom stereocenters. The number of rotatable bonds is 12. The molecule has 1 unspecified atom stereocenters. The van der Waals surface area contributed by atoms with Crippen molar-refractivity contribution in [3.8, 4) is 119 Å². The van der Waals surface area contributed by atoms with Crippen LogP contribution < -0.4 is 0 Å². The maximum Gasteiger partial charge on any atom is 0.167 e. The molecular formula is C127H75N9OS3. The largest absolute Gasteiger partial charge is 0.453 e. The van der Waals surface area contributed by atoms with E-state index in [0.29, 0.717) is 34.9 Å². The third-order valence-corrected chi connectivity index (χ3v) is 32.1. The molecule has 13 heteroatoms. The van der Waals surface area contributed by atoms with Gasteiger partial charge in [-0.05, 0) is 153 Å². The lowest BCUT2D eigenvalue weighted by Gasteiger charge is -2.16. The van der Waals surface area contributed by atoms with Gasteiger partial charge in [-0.1, -0.05) is 346 Å². The number of nitrogens with zero attached hydrogens (tertiary/aromatic N) is 9. The molecule has 0 amide bonds. The summed E-state index contributed by atoms with van der Waals surface area (Å²) in [5.74, 6) is 3.82. The molecule has 30 rings (SSSR count). The van der Waals surface area contributed by atoms with E-state index in [0.717, 1.165) is 88.8 Å². The maximum absolute atomic E-state index is 7.12. The zero-order chi connectivity index (χ0) is 91.7. The fourth-order valence-corrected chi connectivity index (χ4v) is 25.9. The number of benzene rings is 20. The number of thiophene rings is 3. The van der Waals surface area contributed by atoms with E-state index in [1.54, 1.807) is 0 Å². The van der Waals surface area contributed by atoms with Crippen LogP contribution in [0, 0.1) is 0 Å². The fraction of sp³-hybridized carbons (Fsp3) is 0.00787. The summed E-state index contributed by atoms with van der Waals surface area (Å²) in [6.45, 7) is 0. The Bertz CT molecular complexity index is 10100. The van der Waals surface area contributed by atoms with Crippen molar-refractivity contribution >= 4 is 182 Å². The average Bonchev–Trinajstić information content (AvgIpc) is 1.57. The van der Waals surface area contributed by atoms with Crippen molar-refractivity contribution in [2.24, 2.45) is 0 Å². The normalized spacial score (nSPS) is 12.6. The van der Waals surface area contributed by atoms with Gasteiger partial charge in [0.05, 0.1) is 44.4 Å². The second kappa shape index (κ2) is 32.0. The molecule has 0 N–H and O–H groups in total. The molecule has 20 aromatic carbocycles. The first-order chi connectivity index (χ1) is 69.4. The standard InChI is InChI=1S/C64H38N4S2.C63H37N5OS/c1-3-16-38(17-4-1)62-65-63(39-18-5-2-6-19-39)67-64(66-62)52-29-15-27-50-49-26-14-28-51(60(49)70-61(50)52)58-46-23-8-7-20-43(46)53-37-41(33-34-47(53)58)68-55-30-11-9-21-44(55)54-36-40(32-35-56(54)68)42-24-13-25-48-45-22-10-12-31-57(45)69-59(42)48;1-3-16-38(17-4-1)61-64-62(39-18-5-2-6-19-39)66-63(65-61)49-27-14-24-46-47-25-15-30-56(59(47)69-58(46)49)68-53-29-11-8-21-44(53)51-37-41(33-35-55(51)68)67-52-28-10-7-20-43(52)50-36-40(32-34-54(50)67)42-23-13-26-48-45-22-9-12-31-57(45)70-60(42)48/h1-37,58H;1-37H. The lowest BCUT2D eigenvalue weighted by atomic mass is 9.88. The molecule has 0 bridgehead atoms. The van der Waals surface area contributed by atoms with E-state index < -0.39 is 0 Å². The first-order valence-electron chi connectivity index (χ1n) is 47.2. The van der Waals surface area contributed by atoms with Crippen LogP contribution in [-0.4, -0.2) is 43.6 Å². The van der Waals surface area contributed by atoms with Crippen LogP contribution in [0.25, 0.3) is 267 Å². The van der Waals surface area contributed by atoms with Gasteiger partial charge in [0.1, 0.15) is 5.58 Å². The van der Waals surface area contributed by atoms with Gasteiger partial charge in [0.15, 0.2) is 40.5 Å². The fourth-order valence-electron chi connectivity index (χ4n) is 22.1. The van der Waals surface area contributed by atoms with E-state index in [1.165, 1.54) is 160 Å². The van der Waals surface area contributed by atoms with Crippen molar-refractivity contribution in [1.82, 2.24) is 43.6 Å². The molecule has 9 aromatic heterocycles. The molecule has 9 heterocycles. The molecule has 0 saturated carbocycles. The molecule has 29 aromatic rings. The molecule has 0 saturated heterocycles. The predicted octanol–water partition coefficient (Wildman–Crippen LogP) is 34.5. The van der Waals surface area contributed by atoms with Crippen LogP contribution in [0.4, 0.5) is 0 Å². The summed E-state index contributed by atoms with van der Waals surface area (Å²) >= 11 is 5.61. The monoisotopic (exact) mass is 1840 g/mol. The minimum absolute atomic E-state index is 0.0596. The van der Waals surface area contributed by atoms with Crippen LogP contribution in [-0.2, 0) is 0 Å². The highest BCUT2D eigenvalue weighted by atomic mass is 32.1. The molecule has 652 valence electrons. The Morgan fingerprint density at radius 1 is 0.186 bits per heavy atom. The van der Waals surface area contributed by atoms with Gasteiger partial charge < -0.3 is 18.1 Å². The van der Waals surface area contributed by atoms with Gasteiger partial charge in [-0.3, -0.25) is 0 Å². The van der Waals surface area contributed by atoms with Crippen molar-refractivity contribution in [3.05, 3.63) is 466 Å². The van der Waals surface area contributed by atoms with Crippen molar-refractivity contribution < 1.29 is 4.42 Å². The molecule has 0 aliphatic heterocycles. The Morgan fingerprint density at radius 2 is 0.529 bits per heavy atom. The predicted molar refractivity (Wildman–Crippen MR) is 585 cm³/mol. The van der Waals surface area contributed by atoms with E-state index in [9.17, 15) is 0 Å². The number of hydrogen-bond donors (Lipinski definition) is 0. The van der Waals surface area contributed by atoms with Crippen LogP contribution in [0.5, 0.6) is 0 Å². The minimum atomic E-state index is 0.0596. The summed E-state index contributed by atoms with van der Waals surface area (Å²) in [6.07, 6.45) is 0. The van der Waals surface area contributed by atoms with Gasteiger partial charge in [-0.15, -0.1) is 34.0 Å². The zero-order valence-corrected chi connectivity index (χ0v) is 77.4. The van der Waals surface area contributed by atoms with Gasteiger partial charge in [-0.25, -0.2) is 29.9 Å². The van der Waals surface area contributed by atoms with Gasteiger partial charge in [0.2, 0.25) is 0 Å². The third-order valence-electron chi connectivity index (χ3n) is 28.3. The quantitative estimate of drug-likeness (QED) is 0.120. The van der Waals surface area contributed by atoms with Crippen LogP contribution in [0.15, 0.2) is 453 Å². The number of aromatic nitrogens is 9. The summed E-state index contributed by atoms with van der Waals surface area (Å²) in [5.41, 5.74) is 28.8.